The zero-order valence-corrected chi connectivity index (χ0v) is 21.5. The number of hydrazone groups is 1. The topological polar surface area (TPSA) is 138 Å². The highest BCUT2D eigenvalue weighted by Gasteiger charge is 2.63. The molecule has 38 heavy (non-hydrogen) atoms. The highest BCUT2D eigenvalue weighted by Crippen LogP contribution is 2.51. The molecule has 10 nitrogen and oxygen atoms in total. The number of anilines is 2. The molecule has 0 bridgehead atoms. The number of nitriles is 1. The van der Waals surface area contributed by atoms with Crippen LogP contribution < -0.4 is 15.6 Å². The predicted molar refractivity (Wildman–Crippen MR) is 140 cm³/mol. The Morgan fingerprint density at radius 2 is 1.66 bits per heavy atom. The minimum atomic E-state index is -2.11. The number of carbonyl (C=O) groups excluding carboxylic acids is 3. The van der Waals surface area contributed by atoms with E-state index in [0.717, 1.165) is 37.6 Å². The van der Waals surface area contributed by atoms with Gasteiger partial charge in [0, 0.05) is 5.69 Å². The molecule has 1 amide bonds. The number of ether oxygens (including phenoxy) is 2. The van der Waals surface area contributed by atoms with Gasteiger partial charge in [0.2, 0.25) is 0 Å². The van der Waals surface area contributed by atoms with Crippen molar-refractivity contribution >= 4 is 34.9 Å². The molecular weight excluding hydrogens is 486 g/mol. The summed E-state index contributed by atoms with van der Waals surface area (Å²) in [5, 5.41) is 15.9. The van der Waals surface area contributed by atoms with E-state index in [1.165, 1.54) is 11.8 Å². The highest BCUT2D eigenvalue weighted by atomic mass is 16.5. The van der Waals surface area contributed by atoms with Gasteiger partial charge >= 0.3 is 11.9 Å². The summed E-state index contributed by atoms with van der Waals surface area (Å²) in [6.45, 7) is 3.55. The minimum absolute atomic E-state index is 0.0746. The molecule has 4 rings (SSSR count). The number of para-hydroxylation sites is 1. The number of benzene rings is 2. The third kappa shape index (κ3) is 3.80. The van der Waals surface area contributed by atoms with Crippen molar-refractivity contribution in [2.24, 2.45) is 16.3 Å². The maximum absolute atomic E-state index is 14.2. The molecule has 1 spiro atoms. The summed E-state index contributed by atoms with van der Waals surface area (Å²) < 4.78 is 10.1. The fourth-order valence-corrected chi connectivity index (χ4v) is 4.89. The summed E-state index contributed by atoms with van der Waals surface area (Å²) in [7, 11) is 2.27. The van der Waals surface area contributed by atoms with Crippen molar-refractivity contribution in [1.82, 2.24) is 0 Å². The van der Waals surface area contributed by atoms with Crippen molar-refractivity contribution in [2.75, 3.05) is 24.1 Å². The van der Waals surface area contributed by atoms with Crippen molar-refractivity contribution in [3.8, 4) is 6.07 Å². The van der Waals surface area contributed by atoms with Crippen molar-refractivity contribution in [3.63, 3.8) is 0 Å². The molecule has 0 aliphatic carbocycles. The van der Waals surface area contributed by atoms with Gasteiger partial charge in [-0.15, -0.1) is 0 Å². The quantitative estimate of drug-likeness (QED) is 0.581. The van der Waals surface area contributed by atoms with Crippen LogP contribution in [-0.2, 0) is 30.3 Å². The van der Waals surface area contributed by atoms with Crippen LogP contribution >= 0.6 is 0 Å². The van der Waals surface area contributed by atoms with Crippen molar-refractivity contribution in [3.05, 3.63) is 82.8 Å². The number of nitrogens with two attached hydrogens (primary N) is 1. The number of carbonyl (C=O) groups is 3. The Bertz CT molecular complexity index is 1440. The van der Waals surface area contributed by atoms with Gasteiger partial charge in [-0.3, -0.25) is 9.69 Å². The highest BCUT2D eigenvalue weighted by molar-refractivity contribution is 6.29. The van der Waals surface area contributed by atoms with Crippen LogP contribution in [0.5, 0.6) is 0 Å². The molecule has 2 N–H and O–H groups in total. The Balaban J connectivity index is 2.06. The normalized spacial score (nSPS) is 19.0. The van der Waals surface area contributed by atoms with E-state index in [9.17, 15) is 19.6 Å². The first-order chi connectivity index (χ1) is 18.3. The first-order valence-corrected chi connectivity index (χ1v) is 11.9. The molecule has 1 unspecified atom stereocenters. The molecule has 2 aliphatic rings. The Labute approximate surface area is 220 Å². The summed E-state index contributed by atoms with van der Waals surface area (Å²) in [5.41, 5.74) is 5.40. The molecule has 2 aliphatic heterocycles. The SMILES string of the molecule is CCCc1ccc(N2C(N)=C(C#N)C3(C(=O)N(c4ccccc4)N=C3C)C(C(=O)OC)=C2C(=O)OC)cc1. The fourth-order valence-electron chi connectivity index (χ4n) is 4.89. The van der Waals surface area contributed by atoms with E-state index in [4.69, 9.17) is 15.2 Å². The standard InChI is InChI=1S/C28H27N5O5/c1-5-9-18-12-14-19(15-13-18)32-23(26(35)38-4)22(25(34)37-3)28(21(16-29)24(32)30)17(2)31-33(27(28)36)20-10-7-6-8-11-20/h6-8,10-15H,5,9,30H2,1-4H3. The van der Waals surface area contributed by atoms with Gasteiger partial charge in [0.25, 0.3) is 5.91 Å². The second kappa shape index (κ2) is 10.2. The molecule has 0 saturated heterocycles. The first-order valence-electron chi connectivity index (χ1n) is 11.9. The summed E-state index contributed by atoms with van der Waals surface area (Å²) >= 11 is 0. The van der Waals surface area contributed by atoms with E-state index < -0.39 is 28.8 Å². The number of amides is 1. The largest absolute Gasteiger partial charge is 0.466 e. The Morgan fingerprint density at radius 3 is 2.21 bits per heavy atom. The minimum Gasteiger partial charge on any atom is -0.466 e. The van der Waals surface area contributed by atoms with E-state index in [2.05, 4.69) is 12.0 Å². The average molecular weight is 514 g/mol. The Morgan fingerprint density at radius 1 is 1.03 bits per heavy atom. The van der Waals surface area contributed by atoms with Crippen LogP contribution in [0.4, 0.5) is 11.4 Å². The summed E-state index contributed by atoms with van der Waals surface area (Å²) in [4.78, 5) is 42.3. The molecule has 0 radical (unpaired) electrons. The fraction of sp³-hybridized carbons (Fsp3) is 0.250. The zero-order chi connectivity index (χ0) is 27.6. The second-order valence-corrected chi connectivity index (χ2v) is 8.72. The number of methoxy groups -OCH3 is 2. The van der Waals surface area contributed by atoms with Gasteiger partial charge in [-0.2, -0.15) is 15.4 Å². The van der Waals surface area contributed by atoms with Gasteiger partial charge in [-0.1, -0.05) is 43.7 Å². The van der Waals surface area contributed by atoms with Crippen LogP contribution in [0.2, 0.25) is 0 Å². The third-order valence-electron chi connectivity index (χ3n) is 6.63. The number of hydrogen-bond acceptors (Lipinski definition) is 9. The number of hydrogen-bond donors (Lipinski definition) is 1. The number of nitrogens with zero attached hydrogens (tertiary/aromatic N) is 4. The number of aryl methyl sites for hydroxylation is 1. The Hall–Kier alpha value is -4.91. The predicted octanol–water partition coefficient (Wildman–Crippen LogP) is 3.16. The van der Waals surface area contributed by atoms with Gasteiger partial charge < -0.3 is 15.2 Å². The molecule has 194 valence electrons. The molecule has 0 aromatic heterocycles. The van der Waals surface area contributed by atoms with Gasteiger partial charge in [0.15, 0.2) is 5.41 Å². The van der Waals surface area contributed by atoms with Crippen LogP contribution in [0.3, 0.4) is 0 Å². The lowest BCUT2D eigenvalue weighted by Crippen LogP contribution is -2.53. The van der Waals surface area contributed by atoms with Crippen LogP contribution in [0, 0.1) is 16.7 Å². The molecule has 1 atom stereocenters. The average Bonchev–Trinajstić information content (AvgIpc) is 3.19. The molecule has 2 aromatic carbocycles. The van der Waals surface area contributed by atoms with Gasteiger partial charge in [0.05, 0.1) is 36.8 Å². The van der Waals surface area contributed by atoms with Gasteiger partial charge in [0.1, 0.15) is 17.6 Å². The van der Waals surface area contributed by atoms with Gasteiger partial charge in [-0.05, 0) is 43.2 Å². The zero-order valence-electron chi connectivity index (χ0n) is 21.5. The first kappa shape index (κ1) is 26.2. The number of esters is 2. The maximum atomic E-state index is 14.2. The molecule has 0 fully saturated rings. The van der Waals surface area contributed by atoms with Gasteiger partial charge in [-0.25, -0.2) is 9.59 Å². The lowest BCUT2D eigenvalue weighted by molar-refractivity contribution is -0.141. The molecule has 2 heterocycles. The smallest absolute Gasteiger partial charge is 0.355 e. The van der Waals surface area contributed by atoms with Crippen molar-refractivity contribution in [2.45, 2.75) is 26.7 Å². The monoisotopic (exact) mass is 513 g/mol. The molecule has 2 aromatic rings. The van der Waals surface area contributed by atoms with Crippen molar-refractivity contribution < 1.29 is 23.9 Å². The van der Waals surface area contributed by atoms with E-state index in [1.807, 2.05) is 18.2 Å². The van der Waals surface area contributed by atoms with E-state index >= 15 is 0 Å². The van der Waals surface area contributed by atoms with E-state index in [0.29, 0.717) is 11.4 Å². The lowest BCUT2D eigenvalue weighted by atomic mass is 9.67. The lowest BCUT2D eigenvalue weighted by Gasteiger charge is -2.40. The number of rotatable bonds is 6. The third-order valence-corrected chi connectivity index (χ3v) is 6.63. The van der Waals surface area contributed by atoms with E-state index in [1.54, 1.807) is 42.5 Å². The van der Waals surface area contributed by atoms with Crippen molar-refractivity contribution in [1.29, 1.82) is 5.26 Å². The molecule has 10 heteroatoms. The maximum Gasteiger partial charge on any atom is 0.355 e. The van der Waals surface area contributed by atoms with Crippen LogP contribution in [0.15, 0.2) is 82.4 Å². The second-order valence-electron chi connectivity index (χ2n) is 8.72. The Kier molecular flexibility index (Phi) is 7.04. The van der Waals surface area contributed by atoms with Crippen LogP contribution in [0.25, 0.3) is 0 Å². The molecule has 0 saturated carbocycles. The van der Waals surface area contributed by atoms with Crippen LogP contribution in [-0.4, -0.2) is 37.8 Å². The van der Waals surface area contributed by atoms with Crippen LogP contribution in [0.1, 0.15) is 25.8 Å². The summed E-state index contributed by atoms with van der Waals surface area (Å²) in [5.74, 6) is -2.90. The molecular formula is C28H27N5O5. The summed E-state index contributed by atoms with van der Waals surface area (Å²) in [6, 6.07) is 17.7. The summed E-state index contributed by atoms with van der Waals surface area (Å²) in [6.07, 6.45) is 1.77. The van der Waals surface area contributed by atoms with E-state index in [-0.39, 0.29) is 22.8 Å².